The average molecular weight is 384 g/mol. The maximum atomic E-state index is 12.3. The number of nitrogens with two attached hydrogens (primary N) is 1. The predicted octanol–water partition coefficient (Wildman–Crippen LogP) is 0.565. The van der Waals surface area contributed by atoms with E-state index in [-0.39, 0.29) is 34.8 Å². The summed E-state index contributed by atoms with van der Waals surface area (Å²) in [6.45, 7) is 3.42. The highest BCUT2D eigenvalue weighted by molar-refractivity contribution is 7.90. The molecule has 1 saturated carbocycles. The van der Waals surface area contributed by atoms with Crippen LogP contribution in [0.4, 0.5) is 0 Å². The number of benzene rings is 1. The summed E-state index contributed by atoms with van der Waals surface area (Å²) in [4.78, 5) is -0.166. The molecule has 0 saturated heterocycles. The van der Waals surface area contributed by atoms with Crippen molar-refractivity contribution in [2.75, 3.05) is 6.54 Å². The van der Waals surface area contributed by atoms with Crippen LogP contribution >= 0.6 is 12.4 Å². The molecule has 0 aliphatic heterocycles. The molecular weight excluding hydrogens is 362 g/mol. The highest BCUT2D eigenvalue weighted by Crippen LogP contribution is 2.23. The highest BCUT2D eigenvalue weighted by Gasteiger charge is 2.29. The van der Waals surface area contributed by atoms with Gasteiger partial charge in [0.15, 0.2) is 0 Å². The molecule has 10 heteroatoms. The Balaban J connectivity index is 0.00000264. The summed E-state index contributed by atoms with van der Waals surface area (Å²) in [6.07, 6.45) is 1.62. The van der Waals surface area contributed by atoms with Gasteiger partial charge in [0.2, 0.25) is 20.0 Å². The molecule has 7 nitrogen and oxygen atoms in total. The number of nitrogens with one attached hydrogen (secondary N) is 2. The molecule has 23 heavy (non-hydrogen) atoms. The van der Waals surface area contributed by atoms with Crippen molar-refractivity contribution >= 4 is 32.5 Å². The van der Waals surface area contributed by atoms with Gasteiger partial charge < -0.3 is 5.73 Å². The topological polar surface area (TPSA) is 118 Å². The molecule has 132 valence electrons. The number of rotatable bonds is 7. The van der Waals surface area contributed by atoms with E-state index < -0.39 is 25.6 Å². The second-order valence-electron chi connectivity index (χ2n) is 6.06. The minimum atomic E-state index is -3.85. The zero-order chi connectivity index (χ0) is 16.6. The van der Waals surface area contributed by atoms with E-state index >= 15 is 0 Å². The maximum absolute atomic E-state index is 12.3. The smallest absolute Gasteiger partial charge is 0.241 e. The Morgan fingerprint density at radius 2 is 1.65 bits per heavy atom. The lowest BCUT2D eigenvalue weighted by Crippen LogP contribution is -2.48. The fourth-order valence-electron chi connectivity index (χ4n) is 1.76. The van der Waals surface area contributed by atoms with E-state index in [9.17, 15) is 16.8 Å². The van der Waals surface area contributed by atoms with Crippen molar-refractivity contribution in [1.82, 2.24) is 9.44 Å². The normalized spacial score (nSPS) is 16.0. The van der Waals surface area contributed by atoms with Crippen LogP contribution in [0, 0.1) is 0 Å². The summed E-state index contributed by atoms with van der Waals surface area (Å²) in [7, 11) is -7.54. The molecule has 1 aliphatic carbocycles. The summed E-state index contributed by atoms with van der Waals surface area (Å²) in [6, 6.07) is 5.24. The fourth-order valence-corrected chi connectivity index (χ4v) is 4.66. The van der Waals surface area contributed by atoms with Gasteiger partial charge in [0.05, 0.1) is 9.79 Å². The number of hydrogen-bond donors (Lipinski definition) is 3. The van der Waals surface area contributed by atoms with E-state index in [0.717, 1.165) is 18.9 Å². The summed E-state index contributed by atoms with van der Waals surface area (Å²) in [5.41, 5.74) is 4.70. The van der Waals surface area contributed by atoms with Crippen molar-refractivity contribution in [3.63, 3.8) is 0 Å². The number of halogens is 1. The Bertz CT molecular complexity index is 759. The first-order valence-corrected chi connectivity index (χ1v) is 9.89. The second-order valence-corrected chi connectivity index (χ2v) is 9.46. The van der Waals surface area contributed by atoms with Crippen LogP contribution in [0.25, 0.3) is 0 Å². The molecule has 0 spiro atoms. The molecule has 1 fully saturated rings. The third-order valence-corrected chi connectivity index (χ3v) is 6.46. The van der Waals surface area contributed by atoms with Gasteiger partial charge in [0.1, 0.15) is 0 Å². The van der Waals surface area contributed by atoms with Crippen molar-refractivity contribution in [2.45, 2.75) is 48.1 Å². The van der Waals surface area contributed by atoms with Crippen LogP contribution in [0.5, 0.6) is 0 Å². The molecule has 1 aromatic carbocycles. The standard InChI is InChI=1S/C13H21N3O4S2.ClH/c1-13(2,9-14)16-22(19,20)12-5-3-4-11(8-12)21(17,18)15-10-6-7-10;/h3-5,8,10,15-16H,6-7,9,14H2,1-2H3;1H. The average Bonchev–Trinajstić information content (AvgIpc) is 3.21. The van der Waals surface area contributed by atoms with Gasteiger partial charge in [-0.3, -0.25) is 0 Å². The lowest BCUT2D eigenvalue weighted by Gasteiger charge is -2.24. The van der Waals surface area contributed by atoms with E-state index in [2.05, 4.69) is 9.44 Å². The number of sulfonamides is 2. The first-order valence-electron chi connectivity index (χ1n) is 6.92. The predicted molar refractivity (Wildman–Crippen MR) is 90.5 cm³/mol. The first-order chi connectivity index (χ1) is 10.1. The monoisotopic (exact) mass is 383 g/mol. The summed E-state index contributed by atoms with van der Waals surface area (Å²) in [5, 5.41) is 0. The van der Waals surface area contributed by atoms with Crippen LogP contribution in [-0.2, 0) is 20.0 Å². The van der Waals surface area contributed by atoms with E-state index in [0.29, 0.717) is 0 Å². The molecule has 2 rings (SSSR count). The molecule has 0 amide bonds. The van der Waals surface area contributed by atoms with Gasteiger partial charge in [-0.1, -0.05) is 6.07 Å². The number of hydrogen-bond acceptors (Lipinski definition) is 5. The van der Waals surface area contributed by atoms with Gasteiger partial charge in [0, 0.05) is 18.1 Å². The molecular formula is C13H22ClN3O4S2. The molecule has 0 aromatic heterocycles. The van der Waals surface area contributed by atoms with Gasteiger partial charge in [-0.15, -0.1) is 12.4 Å². The lowest BCUT2D eigenvalue weighted by atomic mass is 10.1. The van der Waals surface area contributed by atoms with Gasteiger partial charge in [-0.2, -0.15) is 0 Å². The van der Waals surface area contributed by atoms with E-state index in [1.54, 1.807) is 13.8 Å². The summed E-state index contributed by atoms with van der Waals surface area (Å²) < 4.78 is 54.0. The Kier molecular flexibility index (Phi) is 6.22. The van der Waals surface area contributed by atoms with Crippen LogP contribution in [0.15, 0.2) is 34.1 Å². The largest absolute Gasteiger partial charge is 0.329 e. The van der Waals surface area contributed by atoms with Crippen molar-refractivity contribution in [3.05, 3.63) is 24.3 Å². The van der Waals surface area contributed by atoms with Crippen LogP contribution in [0.1, 0.15) is 26.7 Å². The van der Waals surface area contributed by atoms with E-state index in [4.69, 9.17) is 5.73 Å². The molecule has 0 atom stereocenters. The third kappa shape index (κ3) is 5.40. The summed E-state index contributed by atoms with van der Waals surface area (Å²) in [5.74, 6) is 0. The second kappa shape index (κ2) is 7.04. The van der Waals surface area contributed by atoms with Gasteiger partial charge in [0.25, 0.3) is 0 Å². The van der Waals surface area contributed by atoms with Gasteiger partial charge in [-0.05, 0) is 44.9 Å². The van der Waals surface area contributed by atoms with Crippen molar-refractivity contribution in [2.24, 2.45) is 5.73 Å². The van der Waals surface area contributed by atoms with Crippen molar-refractivity contribution in [1.29, 1.82) is 0 Å². The Hall–Kier alpha value is -0.710. The molecule has 1 aliphatic rings. The van der Waals surface area contributed by atoms with Crippen LogP contribution in [-0.4, -0.2) is 35.0 Å². The Morgan fingerprint density at radius 1 is 1.13 bits per heavy atom. The Morgan fingerprint density at radius 3 is 2.13 bits per heavy atom. The fraction of sp³-hybridized carbons (Fsp3) is 0.538. The third-order valence-electron chi connectivity index (χ3n) is 3.25. The van der Waals surface area contributed by atoms with E-state index in [1.165, 1.54) is 18.2 Å². The SMILES string of the molecule is CC(C)(CN)NS(=O)(=O)c1cccc(S(=O)(=O)NC2CC2)c1.Cl. The molecule has 1 aromatic rings. The first kappa shape index (κ1) is 20.3. The molecule has 0 bridgehead atoms. The highest BCUT2D eigenvalue weighted by atomic mass is 35.5. The van der Waals surface area contributed by atoms with Crippen LogP contribution in [0.2, 0.25) is 0 Å². The zero-order valence-electron chi connectivity index (χ0n) is 12.9. The lowest BCUT2D eigenvalue weighted by molar-refractivity contribution is 0.462. The van der Waals surface area contributed by atoms with Crippen molar-refractivity contribution in [3.8, 4) is 0 Å². The Labute approximate surface area is 143 Å². The maximum Gasteiger partial charge on any atom is 0.241 e. The minimum Gasteiger partial charge on any atom is -0.329 e. The van der Waals surface area contributed by atoms with E-state index in [1.807, 2.05) is 0 Å². The zero-order valence-corrected chi connectivity index (χ0v) is 15.4. The van der Waals surface area contributed by atoms with Gasteiger partial charge in [-0.25, -0.2) is 26.3 Å². The molecule has 4 N–H and O–H groups in total. The van der Waals surface area contributed by atoms with Gasteiger partial charge >= 0.3 is 0 Å². The van der Waals surface area contributed by atoms with Crippen molar-refractivity contribution < 1.29 is 16.8 Å². The molecule has 0 unspecified atom stereocenters. The molecule has 0 heterocycles. The minimum absolute atomic E-state index is 0. The van der Waals surface area contributed by atoms with Crippen LogP contribution in [0.3, 0.4) is 0 Å². The van der Waals surface area contributed by atoms with Crippen LogP contribution < -0.4 is 15.2 Å². The quantitative estimate of drug-likeness (QED) is 0.635. The summed E-state index contributed by atoms with van der Waals surface area (Å²) >= 11 is 0. The molecule has 0 radical (unpaired) electrons.